The van der Waals surface area contributed by atoms with Gasteiger partial charge in [-0.1, -0.05) is 50.1 Å². The molecular weight excluding hydrogens is 340 g/mol. The van der Waals surface area contributed by atoms with Crippen molar-refractivity contribution in [3.05, 3.63) is 38.9 Å². The van der Waals surface area contributed by atoms with E-state index in [-0.39, 0.29) is 34.3 Å². The van der Waals surface area contributed by atoms with Crippen LogP contribution in [-0.4, -0.2) is 27.8 Å². The largest absolute Gasteiger partial charge is 0.332 e. The number of carbonyl (C=O) groups is 1. The molecule has 0 radical (unpaired) electrons. The summed E-state index contributed by atoms with van der Waals surface area (Å²) in [5.41, 5.74) is -0.0142. The van der Waals surface area contributed by atoms with Crippen LogP contribution in [0.5, 0.6) is 0 Å². The molecule has 0 aromatic heterocycles. The summed E-state index contributed by atoms with van der Waals surface area (Å²) in [5.74, 6) is -0.192. The van der Waals surface area contributed by atoms with Crippen LogP contribution in [0.25, 0.3) is 0 Å². The van der Waals surface area contributed by atoms with Gasteiger partial charge in [-0.15, -0.1) is 0 Å². The van der Waals surface area contributed by atoms with Gasteiger partial charge in [0.25, 0.3) is 11.6 Å². The number of rotatable bonds is 4. The zero-order valence-electron chi connectivity index (χ0n) is 14.5. The van der Waals surface area contributed by atoms with Gasteiger partial charge in [0.2, 0.25) is 0 Å². The molecule has 0 unspecified atom stereocenters. The van der Waals surface area contributed by atoms with E-state index in [0.717, 1.165) is 51.4 Å². The fraction of sp³-hybridized carbons (Fsp3) is 0.632. The smallest absolute Gasteiger partial charge is 0.283 e. The molecule has 2 aliphatic carbocycles. The Morgan fingerprint density at radius 2 is 1.52 bits per heavy atom. The van der Waals surface area contributed by atoms with Gasteiger partial charge >= 0.3 is 0 Å². The molecule has 2 saturated carbocycles. The van der Waals surface area contributed by atoms with E-state index in [9.17, 15) is 14.9 Å². The number of benzene rings is 1. The lowest BCUT2D eigenvalue weighted by atomic mass is 9.88. The highest BCUT2D eigenvalue weighted by Crippen LogP contribution is 2.33. The highest BCUT2D eigenvalue weighted by atomic mass is 35.5. The van der Waals surface area contributed by atoms with Crippen LogP contribution in [0, 0.1) is 10.1 Å². The molecule has 3 rings (SSSR count). The number of carbonyl (C=O) groups excluding carboxylic acids is 1. The van der Waals surface area contributed by atoms with Crippen molar-refractivity contribution in [2.75, 3.05) is 0 Å². The summed E-state index contributed by atoms with van der Waals surface area (Å²) in [6.45, 7) is 0. The van der Waals surface area contributed by atoms with Gasteiger partial charge in [-0.25, -0.2) is 0 Å². The lowest BCUT2D eigenvalue weighted by molar-refractivity contribution is -0.385. The molecule has 0 N–H and O–H groups in total. The van der Waals surface area contributed by atoms with Gasteiger partial charge in [0.05, 0.1) is 4.92 Å². The molecule has 0 bridgehead atoms. The van der Waals surface area contributed by atoms with Gasteiger partial charge in [0.1, 0.15) is 5.56 Å². The molecule has 136 valence electrons. The van der Waals surface area contributed by atoms with E-state index in [1.54, 1.807) is 6.07 Å². The normalized spacial score (nSPS) is 19.6. The monoisotopic (exact) mass is 364 g/mol. The predicted octanol–water partition coefficient (Wildman–Crippen LogP) is 5.36. The summed E-state index contributed by atoms with van der Waals surface area (Å²) >= 11 is 5.91. The number of nitrogens with zero attached hydrogens (tertiary/aromatic N) is 2. The van der Waals surface area contributed by atoms with Crippen LogP contribution in [0.1, 0.15) is 74.6 Å². The molecule has 0 atom stereocenters. The molecule has 0 heterocycles. The lowest BCUT2D eigenvalue weighted by Gasteiger charge is -2.41. The van der Waals surface area contributed by atoms with Crippen molar-refractivity contribution in [1.29, 1.82) is 0 Å². The summed E-state index contributed by atoms with van der Waals surface area (Å²) in [6.07, 6.45) is 11.0. The summed E-state index contributed by atoms with van der Waals surface area (Å²) < 4.78 is 0. The van der Waals surface area contributed by atoms with E-state index < -0.39 is 4.92 Å². The second kappa shape index (κ2) is 8.17. The van der Waals surface area contributed by atoms with Crippen LogP contribution in [0.15, 0.2) is 18.2 Å². The fourth-order valence-corrected chi connectivity index (χ4v) is 4.49. The van der Waals surface area contributed by atoms with Gasteiger partial charge in [0.15, 0.2) is 0 Å². The first-order chi connectivity index (χ1) is 12.1. The Balaban J connectivity index is 1.94. The minimum Gasteiger partial charge on any atom is -0.332 e. The van der Waals surface area contributed by atoms with Crippen LogP contribution < -0.4 is 0 Å². The Labute approximate surface area is 153 Å². The Hall–Kier alpha value is -1.62. The minimum absolute atomic E-state index is 0.172. The topological polar surface area (TPSA) is 63.4 Å². The van der Waals surface area contributed by atoms with Crippen LogP contribution >= 0.6 is 11.6 Å². The second-order valence-electron chi connectivity index (χ2n) is 7.21. The Morgan fingerprint density at radius 1 is 1.00 bits per heavy atom. The highest BCUT2D eigenvalue weighted by molar-refractivity contribution is 6.31. The van der Waals surface area contributed by atoms with E-state index in [4.69, 9.17) is 11.6 Å². The summed E-state index contributed by atoms with van der Waals surface area (Å²) in [6, 6.07) is 4.79. The van der Waals surface area contributed by atoms with Crippen molar-refractivity contribution in [2.45, 2.75) is 76.3 Å². The molecule has 5 nitrogen and oxygen atoms in total. The Morgan fingerprint density at radius 3 is 2.00 bits per heavy atom. The third-order valence-corrected chi connectivity index (χ3v) is 5.79. The van der Waals surface area contributed by atoms with Gasteiger partial charge < -0.3 is 4.90 Å². The number of hydrogen-bond acceptors (Lipinski definition) is 3. The minimum atomic E-state index is -0.501. The number of nitro benzene ring substituents is 1. The summed E-state index contributed by atoms with van der Waals surface area (Å²) in [7, 11) is 0. The quantitative estimate of drug-likeness (QED) is 0.534. The Kier molecular flexibility index (Phi) is 5.94. The molecule has 1 aromatic carbocycles. The molecule has 0 aliphatic heterocycles. The number of nitro groups is 1. The number of amides is 1. The molecular formula is C19H25ClN2O3. The summed E-state index contributed by atoms with van der Waals surface area (Å²) in [5, 5.41) is 11.7. The molecule has 2 fully saturated rings. The number of halogens is 1. The zero-order chi connectivity index (χ0) is 17.8. The first-order valence-electron chi connectivity index (χ1n) is 9.34. The first-order valence-corrected chi connectivity index (χ1v) is 9.72. The third-order valence-electron chi connectivity index (χ3n) is 5.56. The highest BCUT2D eigenvalue weighted by Gasteiger charge is 2.35. The van der Waals surface area contributed by atoms with Crippen LogP contribution in [-0.2, 0) is 0 Å². The molecule has 0 saturated heterocycles. The third kappa shape index (κ3) is 4.14. The van der Waals surface area contributed by atoms with Gasteiger partial charge in [0, 0.05) is 23.2 Å². The van der Waals surface area contributed by atoms with Crippen molar-refractivity contribution in [3.63, 3.8) is 0 Å². The van der Waals surface area contributed by atoms with Crippen LogP contribution in [0.3, 0.4) is 0 Å². The van der Waals surface area contributed by atoms with Crippen molar-refractivity contribution < 1.29 is 9.72 Å². The number of hydrogen-bond donors (Lipinski definition) is 0. The van der Waals surface area contributed by atoms with E-state index in [0.29, 0.717) is 0 Å². The van der Waals surface area contributed by atoms with Crippen molar-refractivity contribution >= 4 is 23.2 Å². The maximum atomic E-state index is 13.4. The molecule has 25 heavy (non-hydrogen) atoms. The van der Waals surface area contributed by atoms with Crippen molar-refractivity contribution in [2.24, 2.45) is 0 Å². The summed E-state index contributed by atoms with van der Waals surface area (Å²) in [4.78, 5) is 26.3. The van der Waals surface area contributed by atoms with Crippen molar-refractivity contribution in [1.82, 2.24) is 4.90 Å². The fourth-order valence-electron chi connectivity index (χ4n) is 4.32. The maximum absolute atomic E-state index is 13.4. The van der Waals surface area contributed by atoms with Crippen molar-refractivity contribution in [3.8, 4) is 0 Å². The van der Waals surface area contributed by atoms with E-state index >= 15 is 0 Å². The van der Waals surface area contributed by atoms with Crippen LogP contribution in [0.2, 0.25) is 5.02 Å². The Bertz CT molecular complexity index is 620. The maximum Gasteiger partial charge on any atom is 0.283 e. The second-order valence-corrected chi connectivity index (χ2v) is 7.65. The van der Waals surface area contributed by atoms with E-state index in [1.807, 2.05) is 4.90 Å². The standard InChI is InChI=1S/C19H25ClN2O3/c20-14-11-12-17(18(13-14)22(24)25)19(23)21(15-7-3-1-4-8-15)16-9-5-2-6-10-16/h11-13,15-16H,1-10H2. The lowest BCUT2D eigenvalue weighted by Crippen LogP contribution is -2.48. The molecule has 1 amide bonds. The average Bonchev–Trinajstić information content (AvgIpc) is 2.63. The molecule has 0 spiro atoms. The van der Waals surface area contributed by atoms with Gasteiger partial charge in [-0.05, 0) is 37.8 Å². The average molecular weight is 365 g/mol. The van der Waals surface area contributed by atoms with Gasteiger partial charge in [-0.3, -0.25) is 14.9 Å². The van der Waals surface area contributed by atoms with Gasteiger partial charge in [-0.2, -0.15) is 0 Å². The van der Waals surface area contributed by atoms with E-state index in [2.05, 4.69) is 0 Å². The predicted molar refractivity (Wildman–Crippen MR) is 98.0 cm³/mol. The molecule has 6 heteroatoms. The zero-order valence-corrected chi connectivity index (χ0v) is 15.2. The molecule has 2 aliphatic rings. The first kappa shape index (κ1) is 18.2. The van der Waals surface area contributed by atoms with E-state index in [1.165, 1.54) is 25.0 Å². The SMILES string of the molecule is O=C(c1ccc(Cl)cc1[N+](=O)[O-])N(C1CCCCC1)C1CCCCC1. The molecule has 1 aromatic rings. The van der Waals surface area contributed by atoms with Crippen LogP contribution in [0.4, 0.5) is 5.69 Å².